The van der Waals surface area contributed by atoms with Gasteiger partial charge in [-0.05, 0) is 47.7 Å². The number of nitrogens with zero attached hydrogens (tertiary/aromatic N) is 1. The maximum atomic E-state index is 14.1. The number of benzene rings is 3. The molecule has 5 rings (SSSR count). The van der Waals surface area contributed by atoms with Crippen LogP contribution in [0.5, 0.6) is 17.2 Å². The number of carbonyl (C=O) groups excluding carboxylic acids is 1. The highest BCUT2D eigenvalue weighted by Gasteiger charge is 2.41. The minimum Gasteiger partial charge on any atom is -0.497 e. The molecule has 8 nitrogen and oxygen atoms in total. The number of ether oxygens (including phenoxy) is 4. The Morgan fingerprint density at radius 3 is 2.33 bits per heavy atom. The molecule has 2 atom stereocenters. The third kappa shape index (κ3) is 5.92. The van der Waals surface area contributed by atoms with Crippen LogP contribution in [0.1, 0.15) is 54.0 Å². The van der Waals surface area contributed by atoms with Crippen molar-refractivity contribution in [3.8, 4) is 17.2 Å². The third-order valence-corrected chi connectivity index (χ3v) is 7.72. The summed E-state index contributed by atoms with van der Waals surface area (Å²) in [5, 5.41) is 10.3. The predicted molar refractivity (Wildman–Crippen MR) is 149 cm³/mol. The number of rotatable bonds is 10. The summed E-state index contributed by atoms with van der Waals surface area (Å²) in [5.74, 6) is 0.348. The van der Waals surface area contributed by atoms with Crippen molar-refractivity contribution in [1.82, 2.24) is 4.90 Å². The van der Waals surface area contributed by atoms with Crippen molar-refractivity contribution in [2.45, 2.75) is 63.5 Å². The molecule has 0 unspecified atom stereocenters. The lowest BCUT2D eigenvalue weighted by molar-refractivity contribution is -0.160. The average molecular weight is 546 g/mol. The summed E-state index contributed by atoms with van der Waals surface area (Å²) in [7, 11) is 3.17. The molecule has 0 aromatic heterocycles. The van der Waals surface area contributed by atoms with Crippen LogP contribution in [-0.4, -0.2) is 48.2 Å². The van der Waals surface area contributed by atoms with Crippen molar-refractivity contribution in [1.29, 1.82) is 0 Å². The number of carboxylic acids is 1. The smallest absolute Gasteiger partial charge is 0.326 e. The van der Waals surface area contributed by atoms with Gasteiger partial charge in [-0.3, -0.25) is 4.79 Å². The summed E-state index contributed by atoms with van der Waals surface area (Å²) in [4.78, 5) is 28.1. The standard InChI is InChI=1S/C32H35NO7/c1-37-24-15-12-21(13-16-24)20-39-30-26-18-27(32(35)36)33(19-23(26)14-17-28(30)38-2)31(34)29(22-8-4-3-5-9-22)40-25-10-6-7-11-25/h3-5,8-9,12-17,25,27,29H,6-7,10-11,18-20H2,1-2H3,(H,35,36)/t27-,29-/m0/s1. The quantitative estimate of drug-likeness (QED) is 0.368. The van der Waals surface area contributed by atoms with Gasteiger partial charge < -0.3 is 29.0 Å². The van der Waals surface area contributed by atoms with Crippen molar-refractivity contribution in [3.63, 3.8) is 0 Å². The molecule has 2 aliphatic rings. The fourth-order valence-corrected chi connectivity index (χ4v) is 5.54. The molecule has 1 aliphatic carbocycles. The zero-order chi connectivity index (χ0) is 28.1. The van der Waals surface area contributed by atoms with E-state index >= 15 is 0 Å². The Hall–Kier alpha value is -4.04. The van der Waals surface area contributed by atoms with Crippen molar-refractivity contribution < 1.29 is 33.6 Å². The number of carbonyl (C=O) groups is 2. The molecule has 210 valence electrons. The molecule has 3 aromatic rings. The molecule has 40 heavy (non-hydrogen) atoms. The molecule has 1 N–H and O–H groups in total. The Morgan fingerprint density at radius 2 is 1.68 bits per heavy atom. The van der Waals surface area contributed by atoms with E-state index in [-0.39, 0.29) is 31.6 Å². The number of fused-ring (bicyclic) bond motifs is 1. The second-order valence-electron chi connectivity index (χ2n) is 10.2. The van der Waals surface area contributed by atoms with Gasteiger partial charge in [-0.25, -0.2) is 4.79 Å². The van der Waals surface area contributed by atoms with Crippen molar-refractivity contribution >= 4 is 11.9 Å². The molecule has 0 bridgehead atoms. The first-order valence-electron chi connectivity index (χ1n) is 13.7. The summed E-state index contributed by atoms with van der Waals surface area (Å²) >= 11 is 0. The lowest BCUT2D eigenvalue weighted by atomic mass is 9.91. The van der Waals surface area contributed by atoms with E-state index in [9.17, 15) is 14.7 Å². The summed E-state index contributed by atoms with van der Waals surface area (Å²) in [6.07, 6.45) is 3.14. The van der Waals surface area contributed by atoms with Gasteiger partial charge in [0.25, 0.3) is 5.91 Å². The van der Waals surface area contributed by atoms with Gasteiger partial charge in [0, 0.05) is 18.5 Å². The second kappa shape index (κ2) is 12.4. The van der Waals surface area contributed by atoms with Crippen LogP contribution in [0, 0.1) is 0 Å². The van der Waals surface area contributed by atoms with Crippen LogP contribution >= 0.6 is 0 Å². The summed E-state index contributed by atoms with van der Waals surface area (Å²) in [5.41, 5.74) is 3.21. The van der Waals surface area contributed by atoms with E-state index in [1.54, 1.807) is 20.3 Å². The summed E-state index contributed by atoms with van der Waals surface area (Å²) in [6, 6.07) is 19.5. The highest BCUT2D eigenvalue weighted by atomic mass is 16.5. The molecule has 1 saturated carbocycles. The van der Waals surface area contributed by atoms with Crippen LogP contribution in [0.4, 0.5) is 0 Å². The van der Waals surface area contributed by atoms with Gasteiger partial charge in [0.05, 0.1) is 20.3 Å². The van der Waals surface area contributed by atoms with Gasteiger partial charge in [0.15, 0.2) is 17.6 Å². The van der Waals surface area contributed by atoms with E-state index in [4.69, 9.17) is 18.9 Å². The maximum Gasteiger partial charge on any atom is 0.326 e. The van der Waals surface area contributed by atoms with E-state index in [0.717, 1.165) is 53.7 Å². The Kier molecular flexibility index (Phi) is 8.55. The SMILES string of the molecule is COc1ccc(COc2c(OC)ccc3c2C[C@@H](C(=O)O)N(C(=O)[C@@H](OC2CCCC2)c2ccccc2)C3)cc1. The second-order valence-corrected chi connectivity index (χ2v) is 10.2. The normalized spacial score (nSPS) is 17.6. The highest BCUT2D eigenvalue weighted by molar-refractivity contribution is 5.88. The number of hydrogen-bond donors (Lipinski definition) is 1. The van der Waals surface area contributed by atoms with Gasteiger partial charge in [0.1, 0.15) is 18.4 Å². The predicted octanol–water partition coefficient (Wildman–Crippen LogP) is 5.32. The lowest BCUT2D eigenvalue weighted by Gasteiger charge is -2.37. The van der Waals surface area contributed by atoms with E-state index in [1.165, 1.54) is 4.90 Å². The minimum atomic E-state index is -1.08. The molecule has 8 heteroatoms. The van der Waals surface area contributed by atoms with Crippen molar-refractivity contribution in [2.24, 2.45) is 0 Å². The van der Waals surface area contributed by atoms with Crippen molar-refractivity contribution in [2.75, 3.05) is 14.2 Å². The largest absolute Gasteiger partial charge is 0.497 e. The average Bonchev–Trinajstić information content (AvgIpc) is 3.51. The van der Waals surface area contributed by atoms with Crippen LogP contribution in [0.25, 0.3) is 0 Å². The van der Waals surface area contributed by atoms with Crippen molar-refractivity contribution in [3.05, 3.63) is 89.0 Å². The van der Waals surface area contributed by atoms with Crippen LogP contribution < -0.4 is 14.2 Å². The first kappa shape index (κ1) is 27.5. The first-order chi connectivity index (χ1) is 19.5. The zero-order valence-corrected chi connectivity index (χ0v) is 22.9. The molecule has 0 saturated heterocycles. The number of carboxylic acid groups (broad SMARTS) is 1. The zero-order valence-electron chi connectivity index (χ0n) is 22.9. The Morgan fingerprint density at radius 1 is 0.950 bits per heavy atom. The highest BCUT2D eigenvalue weighted by Crippen LogP contribution is 2.40. The number of hydrogen-bond acceptors (Lipinski definition) is 6. The number of amides is 1. The molecule has 1 aliphatic heterocycles. The molecule has 0 spiro atoms. The Bertz CT molecular complexity index is 1320. The molecule has 1 heterocycles. The van der Waals surface area contributed by atoms with Gasteiger partial charge in [-0.2, -0.15) is 0 Å². The van der Waals surface area contributed by atoms with Gasteiger partial charge in [0.2, 0.25) is 0 Å². The van der Waals surface area contributed by atoms with Crippen LogP contribution in [0.15, 0.2) is 66.7 Å². The molecule has 3 aromatic carbocycles. The van der Waals surface area contributed by atoms with E-state index < -0.39 is 18.1 Å². The minimum absolute atomic E-state index is 0.0169. The Balaban J connectivity index is 1.44. The summed E-state index contributed by atoms with van der Waals surface area (Å²) in [6.45, 7) is 0.397. The molecule has 0 radical (unpaired) electrons. The Labute approximate surface area is 234 Å². The monoisotopic (exact) mass is 545 g/mol. The topological polar surface area (TPSA) is 94.5 Å². The fourth-order valence-electron chi connectivity index (χ4n) is 5.54. The third-order valence-electron chi connectivity index (χ3n) is 7.72. The lowest BCUT2D eigenvalue weighted by Crippen LogP contribution is -2.50. The fraction of sp³-hybridized carbons (Fsp3) is 0.375. The number of methoxy groups -OCH3 is 2. The molecule has 1 amide bonds. The molecular formula is C32H35NO7. The van der Waals surface area contributed by atoms with Gasteiger partial charge in [-0.15, -0.1) is 0 Å². The van der Waals surface area contributed by atoms with Gasteiger partial charge in [-0.1, -0.05) is 61.4 Å². The van der Waals surface area contributed by atoms with Crippen LogP contribution in [0.3, 0.4) is 0 Å². The maximum absolute atomic E-state index is 14.1. The number of aliphatic carboxylic acids is 1. The van der Waals surface area contributed by atoms with E-state index in [2.05, 4.69) is 0 Å². The van der Waals surface area contributed by atoms with Gasteiger partial charge >= 0.3 is 5.97 Å². The van der Waals surface area contributed by atoms with E-state index in [1.807, 2.05) is 60.7 Å². The van der Waals surface area contributed by atoms with Crippen LogP contribution in [0.2, 0.25) is 0 Å². The molecular weight excluding hydrogens is 510 g/mol. The molecule has 1 fully saturated rings. The summed E-state index contributed by atoms with van der Waals surface area (Å²) < 4.78 is 23.4. The first-order valence-corrected chi connectivity index (χ1v) is 13.7. The van der Waals surface area contributed by atoms with Crippen LogP contribution in [-0.2, 0) is 33.9 Å². The van der Waals surface area contributed by atoms with E-state index in [0.29, 0.717) is 11.5 Å².